The van der Waals surface area contributed by atoms with Crippen molar-refractivity contribution in [3.63, 3.8) is 0 Å². The Labute approximate surface area is 256 Å². The number of carbonyl (C=O) groups excluding carboxylic acids is 1. The number of benzene rings is 2. The Morgan fingerprint density at radius 1 is 0.956 bits per heavy atom. The summed E-state index contributed by atoms with van der Waals surface area (Å²) < 4.78 is 127. The van der Waals surface area contributed by atoms with Crippen LogP contribution in [0.15, 0.2) is 47.8 Å². The molecule has 2 heterocycles. The summed E-state index contributed by atoms with van der Waals surface area (Å²) in [7, 11) is 0. The number of alkyl halides is 9. The Morgan fingerprint density at radius 2 is 1.58 bits per heavy atom. The van der Waals surface area contributed by atoms with Crippen molar-refractivity contribution < 1.29 is 49.0 Å². The molecule has 1 aliphatic heterocycles. The lowest BCUT2D eigenvalue weighted by atomic mass is 9.88. The van der Waals surface area contributed by atoms with Crippen LogP contribution in [0.5, 0.6) is 0 Å². The number of carbonyl (C=O) groups is 1. The summed E-state index contributed by atoms with van der Waals surface area (Å²) in [6.45, 7) is 3.39. The Kier molecular flexibility index (Phi) is 9.85. The van der Waals surface area contributed by atoms with Gasteiger partial charge in [0, 0.05) is 24.2 Å². The first-order chi connectivity index (χ1) is 21.0. The minimum absolute atomic E-state index is 0.00752. The number of amides is 1. The second-order valence-electron chi connectivity index (χ2n) is 10.2. The van der Waals surface area contributed by atoms with Crippen molar-refractivity contribution in [2.45, 2.75) is 68.9 Å². The average molecular weight is 667 g/mol. The van der Waals surface area contributed by atoms with Crippen molar-refractivity contribution in [3.05, 3.63) is 76.0 Å². The third kappa shape index (κ3) is 7.76. The van der Waals surface area contributed by atoms with Crippen LogP contribution in [0, 0.1) is 0 Å². The highest BCUT2D eigenvalue weighted by Crippen LogP contribution is 2.44. The van der Waals surface area contributed by atoms with Crippen LogP contribution in [0.2, 0.25) is 0 Å². The SMILES string of the molecule is CCOC(=O)N1c2ccc(C(F)(F)F)cc2[C@@H](Nc2nc(SC)ncc2Cc2cc(C(F)(F)F)cc(C(F)(F)F)c2)C[C@H]1CC. The summed E-state index contributed by atoms with van der Waals surface area (Å²) in [5, 5.41) is 3.27. The number of halogens is 9. The molecule has 0 saturated heterocycles. The van der Waals surface area contributed by atoms with Crippen LogP contribution in [-0.4, -0.2) is 35.0 Å². The second kappa shape index (κ2) is 13.0. The van der Waals surface area contributed by atoms with Gasteiger partial charge in [0.15, 0.2) is 5.16 Å². The number of rotatable bonds is 7. The Morgan fingerprint density at radius 3 is 2.11 bits per heavy atom. The Bertz CT molecular complexity index is 1510. The number of nitrogens with one attached hydrogen (secondary N) is 1. The average Bonchev–Trinajstić information content (AvgIpc) is 2.96. The van der Waals surface area contributed by atoms with Crippen LogP contribution in [-0.2, 0) is 29.7 Å². The number of hydrogen-bond acceptors (Lipinski definition) is 6. The summed E-state index contributed by atoms with van der Waals surface area (Å²) in [6, 6.07) is 2.68. The minimum atomic E-state index is -5.06. The van der Waals surface area contributed by atoms with Crippen LogP contribution >= 0.6 is 11.8 Å². The standard InChI is InChI=1S/C29H27F9N4O2S/c1-4-20-13-22(21-12-17(27(30,31)32)6-7-23(21)42(20)26(43)44-5-2)40-24-16(14-39-25(41-24)45-3)8-15-9-18(28(33,34)35)11-19(10-15)29(36,37)38/h6-7,9-12,14,20,22H,4-5,8,13H2,1-3H3,(H,39,40,41)/t20-,22+/m1/s1. The van der Waals surface area contributed by atoms with Crippen LogP contribution in [0.1, 0.15) is 66.1 Å². The highest BCUT2D eigenvalue weighted by Gasteiger charge is 2.40. The largest absolute Gasteiger partial charge is 0.449 e. The van der Waals surface area contributed by atoms with E-state index in [1.807, 2.05) is 0 Å². The highest BCUT2D eigenvalue weighted by atomic mass is 32.2. The smallest absolute Gasteiger partial charge is 0.416 e. The van der Waals surface area contributed by atoms with Gasteiger partial charge in [-0.3, -0.25) is 4.90 Å². The Balaban J connectivity index is 1.82. The summed E-state index contributed by atoms with van der Waals surface area (Å²) in [5.41, 5.74) is -3.95. The van der Waals surface area contributed by atoms with E-state index in [9.17, 15) is 44.3 Å². The number of anilines is 2. The molecule has 1 amide bonds. The van der Waals surface area contributed by atoms with Crippen molar-refractivity contribution >= 4 is 29.4 Å². The summed E-state index contributed by atoms with van der Waals surface area (Å²) in [4.78, 5) is 22.7. The molecule has 0 fully saturated rings. The molecule has 244 valence electrons. The normalized spacial score (nSPS) is 17.2. The van der Waals surface area contributed by atoms with Crippen molar-refractivity contribution in [2.24, 2.45) is 0 Å². The highest BCUT2D eigenvalue weighted by molar-refractivity contribution is 7.98. The summed E-state index contributed by atoms with van der Waals surface area (Å²) in [6.07, 6.45) is -12.7. The zero-order valence-corrected chi connectivity index (χ0v) is 24.8. The van der Waals surface area contributed by atoms with Gasteiger partial charge in [-0.15, -0.1) is 0 Å². The Hall–Kier alpha value is -3.69. The maximum absolute atomic E-state index is 13.8. The van der Waals surface area contributed by atoms with Crippen molar-refractivity contribution in [3.8, 4) is 0 Å². The molecule has 0 bridgehead atoms. The molecule has 0 radical (unpaired) electrons. The van der Waals surface area contributed by atoms with E-state index in [0.717, 1.165) is 23.9 Å². The van der Waals surface area contributed by atoms with Gasteiger partial charge in [-0.25, -0.2) is 14.8 Å². The monoisotopic (exact) mass is 666 g/mol. The first-order valence-corrected chi connectivity index (χ1v) is 14.8. The van der Waals surface area contributed by atoms with E-state index >= 15 is 0 Å². The molecule has 0 aliphatic carbocycles. The molecule has 3 aromatic rings. The van der Waals surface area contributed by atoms with Gasteiger partial charge in [0.05, 0.1) is 35.0 Å². The van der Waals surface area contributed by atoms with Gasteiger partial charge in [0.2, 0.25) is 0 Å². The molecular formula is C29H27F9N4O2S. The van der Waals surface area contributed by atoms with Crippen molar-refractivity contribution in [1.29, 1.82) is 0 Å². The molecule has 1 aromatic heterocycles. The molecule has 6 nitrogen and oxygen atoms in total. The maximum atomic E-state index is 13.8. The zero-order valence-electron chi connectivity index (χ0n) is 24.0. The molecule has 16 heteroatoms. The van der Waals surface area contributed by atoms with Gasteiger partial charge >= 0.3 is 24.6 Å². The van der Waals surface area contributed by atoms with E-state index in [1.54, 1.807) is 20.1 Å². The van der Waals surface area contributed by atoms with Gasteiger partial charge in [0.1, 0.15) is 5.82 Å². The number of fused-ring (bicyclic) bond motifs is 1. The van der Waals surface area contributed by atoms with E-state index in [4.69, 9.17) is 4.74 Å². The lowest BCUT2D eigenvalue weighted by molar-refractivity contribution is -0.143. The van der Waals surface area contributed by atoms with E-state index < -0.39 is 59.8 Å². The molecule has 0 unspecified atom stereocenters. The van der Waals surface area contributed by atoms with Gasteiger partial charge in [-0.2, -0.15) is 39.5 Å². The minimum Gasteiger partial charge on any atom is -0.449 e. The van der Waals surface area contributed by atoms with E-state index in [1.165, 1.54) is 17.2 Å². The van der Waals surface area contributed by atoms with Gasteiger partial charge in [-0.1, -0.05) is 18.7 Å². The number of ether oxygens (including phenoxy) is 1. The first-order valence-electron chi connectivity index (χ1n) is 13.6. The quantitative estimate of drug-likeness (QED) is 0.154. The molecule has 0 saturated carbocycles. The number of nitrogens with zero attached hydrogens (tertiary/aromatic N) is 3. The van der Waals surface area contributed by atoms with Crippen LogP contribution in [0.4, 0.5) is 55.8 Å². The number of thioether (sulfide) groups is 1. The zero-order chi connectivity index (χ0) is 33.3. The molecule has 1 N–H and O–H groups in total. The van der Waals surface area contributed by atoms with Crippen LogP contribution in [0.25, 0.3) is 0 Å². The van der Waals surface area contributed by atoms with Gasteiger partial charge in [-0.05, 0) is 73.5 Å². The van der Waals surface area contributed by atoms with Crippen molar-refractivity contribution in [1.82, 2.24) is 9.97 Å². The van der Waals surface area contributed by atoms with E-state index in [-0.39, 0.29) is 52.4 Å². The van der Waals surface area contributed by atoms with Gasteiger partial charge < -0.3 is 10.1 Å². The summed E-state index contributed by atoms with van der Waals surface area (Å²) >= 11 is 1.10. The fourth-order valence-electron chi connectivity index (χ4n) is 5.11. The third-order valence-electron chi connectivity index (χ3n) is 7.18. The number of hydrogen-bond donors (Lipinski definition) is 1. The van der Waals surface area contributed by atoms with Crippen LogP contribution in [0.3, 0.4) is 0 Å². The topological polar surface area (TPSA) is 67.3 Å². The predicted octanol–water partition coefficient (Wildman–Crippen LogP) is 9.14. The fourth-order valence-corrected chi connectivity index (χ4v) is 5.45. The third-order valence-corrected chi connectivity index (χ3v) is 7.74. The molecule has 2 aromatic carbocycles. The molecule has 45 heavy (non-hydrogen) atoms. The molecular weight excluding hydrogens is 639 g/mol. The summed E-state index contributed by atoms with van der Waals surface area (Å²) in [5.74, 6) is 0.00752. The fraction of sp³-hybridized carbons (Fsp3) is 0.414. The van der Waals surface area contributed by atoms with E-state index in [0.29, 0.717) is 18.6 Å². The first kappa shape index (κ1) is 34.2. The molecule has 1 aliphatic rings. The van der Waals surface area contributed by atoms with Crippen molar-refractivity contribution in [2.75, 3.05) is 23.1 Å². The maximum Gasteiger partial charge on any atom is 0.416 e. The molecule has 2 atom stereocenters. The number of aromatic nitrogens is 2. The second-order valence-corrected chi connectivity index (χ2v) is 10.9. The molecule has 4 rings (SSSR count). The lowest BCUT2D eigenvalue weighted by Gasteiger charge is -2.40. The van der Waals surface area contributed by atoms with Crippen LogP contribution < -0.4 is 10.2 Å². The van der Waals surface area contributed by atoms with E-state index in [2.05, 4.69) is 15.3 Å². The van der Waals surface area contributed by atoms with Gasteiger partial charge in [0.25, 0.3) is 0 Å². The predicted molar refractivity (Wildman–Crippen MR) is 149 cm³/mol. The molecule has 0 spiro atoms. The lowest BCUT2D eigenvalue weighted by Crippen LogP contribution is -2.46.